The summed E-state index contributed by atoms with van der Waals surface area (Å²) in [7, 11) is 0. The van der Waals surface area contributed by atoms with E-state index in [1.54, 1.807) is 0 Å². The average Bonchev–Trinajstić information content (AvgIpc) is 2.49. The summed E-state index contributed by atoms with van der Waals surface area (Å²) in [4.78, 5) is 0. The molecule has 0 fully saturated rings. The van der Waals surface area contributed by atoms with Gasteiger partial charge in [-0.3, -0.25) is 0 Å². The summed E-state index contributed by atoms with van der Waals surface area (Å²) >= 11 is 3.40. The molecule has 1 atom stereocenters. The summed E-state index contributed by atoms with van der Waals surface area (Å²) < 4.78 is 12.0. The average molecular weight is 229 g/mol. The summed E-state index contributed by atoms with van der Waals surface area (Å²) in [6, 6.07) is 5.79. The van der Waals surface area contributed by atoms with E-state index in [4.69, 9.17) is 9.47 Å². The molecule has 0 aliphatic carbocycles. The quantitative estimate of drug-likeness (QED) is 0.736. The maximum absolute atomic E-state index is 5.52. The van der Waals surface area contributed by atoms with Crippen molar-refractivity contribution in [1.29, 1.82) is 0 Å². The van der Waals surface area contributed by atoms with E-state index in [2.05, 4.69) is 15.9 Å². The topological polar surface area (TPSA) is 18.5 Å². The normalized spacial score (nSPS) is 19.7. The van der Waals surface area contributed by atoms with Crippen LogP contribution in [0, 0.1) is 0 Å². The van der Waals surface area contributed by atoms with Gasteiger partial charge in [0.05, 0.1) is 4.47 Å². The summed E-state index contributed by atoms with van der Waals surface area (Å²) in [5.41, 5.74) is 0. The second kappa shape index (κ2) is 2.98. The molecule has 1 aromatic carbocycles. The molecule has 2 nitrogen and oxygen atoms in total. The lowest BCUT2D eigenvalue weighted by Crippen LogP contribution is -2.15. The number of fused-ring (bicyclic) bond motifs is 1. The maximum atomic E-state index is 5.52. The van der Waals surface area contributed by atoms with Crippen LogP contribution in [0.5, 0.6) is 11.5 Å². The lowest BCUT2D eigenvalue weighted by atomic mass is 10.3. The van der Waals surface area contributed by atoms with Crippen molar-refractivity contribution in [2.75, 3.05) is 0 Å². The molecule has 1 unspecified atom stereocenters. The lowest BCUT2D eigenvalue weighted by molar-refractivity contribution is 0.0461. The maximum Gasteiger partial charge on any atom is 0.241 e. The fraction of sp³-hybridized carbons (Fsp3) is 0.333. The Labute approximate surface area is 79.6 Å². The molecule has 0 aromatic heterocycles. The van der Waals surface area contributed by atoms with Crippen LogP contribution < -0.4 is 9.47 Å². The Bertz CT molecular complexity index is 299. The van der Waals surface area contributed by atoms with E-state index in [1.807, 2.05) is 25.1 Å². The number of ether oxygens (including phenoxy) is 2. The summed E-state index contributed by atoms with van der Waals surface area (Å²) in [6.07, 6.45) is 0.750. The minimum absolute atomic E-state index is 0.112. The van der Waals surface area contributed by atoms with Crippen molar-refractivity contribution < 1.29 is 9.47 Å². The van der Waals surface area contributed by atoms with Crippen LogP contribution in [0.2, 0.25) is 0 Å². The van der Waals surface area contributed by atoms with Crippen LogP contribution in [0.4, 0.5) is 0 Å². The van der Waals surface area contributed by atoms with E-state index < -0.39 is 0 Å². The van der Waals surface area contributed by atoms with Crippen molar-refractivity contribution in [3.05, 3.63) is 22.7 Å². The Morgan fingerprint density at radius 1 is 1.42 bits per heavy atom. The molecule has 0 N–H and O–H groups in total. The van der Waals surface area contributed by atoms with Gasteiger partial charge < -0.3 is 9.47 Å². The first-order valence-electron chi connectivity index (χ1n) is 3.93. The molecule has 12 heavy (non-hydrogen) atoms. The minimum Gasteiger partial charge on any atom is -0.451 e. The highest BCUT2D eigenvalue weighted by Gasteiger charge is 2.23. The summed E-state index contributed by atoms with van der Waals surface area (Å²) in [5, 5.41) is 0. The third-order valence-corrected chi connectivity index (χ3v) is 2.40. The van der Waals surface area contributed by atoms with Gasteiger partial charge in [0.15, 0.2) is 11.5 Å². The standard InChI is InChI=1S/C9H9BrO2/c1-2-8-11-7-5-3-4-6(10)9(7)12-8/h3-5,8H,2H2,1H3. The molecule has 0 saturated heterocycles. The zero-order chi connectivity index (χ0) is 8.55. The van der Waals surface area contributed by atoms with Crippen LogP contribution in [-0.4, -0.2) is 6.29 Å². The van der Waals surface area contributed by atoms with Gasteiger partial charge in [-0.1, -0.05) is 13.0 Å². The van der Waals surface area contributed by atoms with E-state index in [0.717, 1.165) is 22.4 Å². The van der Waals surface area contributed by atoms with Gasteiger partial charge in [-0.15, -0.1) is 0 Å². The molecule has 1 aliphatic rings. The van der Waals surface area contributed by atoms with Crippen LogP contribution in [0.1, 0.15) is 13.3 Å². The van der Waals surface area contributed by atoms with Gasteiger partial charge in [0.25, 0.3) is 0 Å². The van der Waals surface area contributed by atoms with Crippen molar-refractivity contribution in [2.45, 2.75) is 19.6 Å². The van der Waals surface area contributed by atoms with Crippen molar-refractivity contribution in [3.63, 3.8) is 0 Å². The first-order chi connectivity index (χ1) is 5.81. The van der Waals surface area contributed by atoms with Crippen LogP contribution in [0.3, 0.4) is 0 Å². The molecule has 0 saturated carbocycles. The molecule has 1 aromatic rings. The minimum atomic E-state index is -0.112. The van der Waals surface area contributed by atoms with Crippen LogP contribution in [0.25, 0.3) is 0 Å². The van der Waals surface area contributed by atoms with Crippen LogP contribution in [-0.2, 0) is 0 Å². The number of benzene rings is 1. The molecule has 0 spiro atoms. The molecule has 3 heteroatoms. The highest BCUT2D eigenvalue weighted by atomic mass is 79.9. The predicted molar refractivity (Wildman–Crippen MR) is 49.5 cm³/mol. The molecule has 0 radical (unpaired) electrons. The van der Waals surface area contributed by atoms with E-state index >= 15 is 0 Å². The highest BCUT2D eigenvalue weighted by molar-refractivity contribution is 9.10. The fourth-order valence-corrected chi connectivity index (χ4v) is 1.60. The zero-order valence-corrected chi connectivity index (χ0v) is 8.30. The van der Waals surface area contributed by atoms with Crippen molar-refractivity contribution in [2.24, 2.45) is 0 Å². The van der Waals surface area contributed by atoms with Crippen LogP contribution >= 0.6 is 15.9 Å². The van der Waals surface area contributed by atoms with Crippen molar-refractivity contribution in [1.82, 2.24) is 0 Å². The van der Waals surface area contributed by atoms with E-state index in [0.29, 0.717) is 0 Å². The van der Waals surface area contributed by atoms with Gasteiger partial charge in [0.1, 0.15) is 0 Å². The molecular weight excluding hydrogens is 220 g/mol. The van der Waals surface area contributed by atoms with Gasteiger partial charge in [0, 0.05) is 6.42 Å². The second-order valence-electron chi connectivity index (χ2n) is 2.64. The number of hydrogen-bond donors (Lipinski definition) is 0. The lowest BCUT2D eigenvalue weighted by Gasteiger charge is -2.05. The molecule has 1 heterocycles. The molecule has 0 amide bonds. The molecule has 2 rings (SSSR count). The molecule has 1 aliphatic heterocycles. The van der Waals surface area contributed by atoms with E-state index in [1.165, 1.54) is 0 Å². The number of para-hydroxylation sites is 1. The van der Waals surface area contributed by atoms with Gasteiger partial charge in [-0.2, -0.15) is 0 Å². The van der Waals surface area contributed by atoms with Crippen LogP contribution in [0.15, 0.2) is 22.7 Å². The predicted octanol–water partition coefficient (Wildman–Crippen LogP) is 2.96. The first-order valence-corrected chi connectivity index (χ1v) is 4.72. The monoisotopic (exact) mass is 228 g/mol. The zero-order valence-electron chi connectivity index (χ0n) is 6.71. The van der Waals surface area contributed by atoms with Crippen molar-refractivity contribution >= 4 is 15.9 Å². The molecule has 0 bridgehead atoms. The Kier molecular flexibility index (Phi) is 1.97. The highest BCUT2D eigenvalue weighted by Crippen LogP contribution is 2.40. The summed E-state index contributed by atoms with van der Waals surface area (Å²) in [6.45, 7) is 2.03. The van der Waals surface area contributed by atoms with Gasteiger partial charge in [-0.05, 0) is 28.1 Å². The molecular formula is C9H9BrO2. The van der Waals surface area contributed by atoms with Gasteiger partial charge in [-0.25, -0.2) is 0 Å². The van der Waals surface area contributed by atoms with Gasteiger partial charge >= 0.3 is 0 Å². The van der Waals surface area contributed by atoms with E-state index in [-0.39, 0.29) is 6.29 Å². The number of hydrogen-bond acceptors (Lipinski definition) is 2. The number of halogens is 1. The van der Waals surface area contributed by atoms with E-state index in [9.17, 15) is 0 Å². The second-order valence-corrected chi connectivity index (χ2v) is 3.49. The third kappa shape index (κ3) is 1.18. The van der Waals surface area contributed by atoms with Crippen molar-refractivity contribution in [3.8, 4) is 11.5 Å². The Morgan fingerprint density at radius 3 is 2.92 bits per heavy atom. The smallest absolute Gasteiger partial charge is 0.241 e. The first kappa shape index (κ1) is 7.92. The molecule has 64 valence electrons. The Morgan fingerprint density at radius 2 is 2.25 bits per heavy atom. The summed E-state index contributed by atoms with van der Waals surface area (Å²) in [5.74, 6) is 1.65. The SMILES string of the molecule is CCC1Oc2cccc(Br)c2O1. The van der Waals surface area contributed by atoms with Gasteiger partial charge in [0.2, 0.25) is 6.29 Å². The Balaban J connectivity index is 2.35. The fourth-order valence-electron chi connectivity index (χ4n) is 1.16. The largest absolute Gasteiger partial charge is 0.451 e. The number of rotatable bonds is 1. The third-order valence-electron chi connectivity index (χ3n) is 1.77. The Hall–Kier alpha value is -0.700.